The van der Waals surface area contributed by atoms with Gasteiger partial charge < -0.3 is 15.3 Å². The van der Waals surface area contributed by atoms with Crippen molar-refractivity contribution in [2.24, 2.45) is 0 Å². The van der Waals surface area contributed by atoms with Gasteiger partial charge in [0.05, 0.1) is 6.10 Å². The van der Waals surface area contributed by atoms with Crippen LogP contribution in [0.25, 0.3) is 0 Å². The van der Waals surface area contributed by atoms with Crippen LogP contribution in [0.5, 0.6) is 0 Å². The van der Waals surface area contributed by atoms with Gasteiger partial charge in [-0.1, -0.05) is 41.1 Å². The summed E-state index contributed by atoms with van der Waals surface area (Å²) >= 11 is 3.68. The van der Waals surface area contributed by atoms with Gasteiger partial charge in [0.25, 0.3) is 0 Å². The average Bonchev–Trinajstić information content (AvgIpc) is 2.50. The number of rotatable bonds is 7. The molecule has 1 aliphatic rings. The van der Waals surface area contributed by atoms with Crippen LogP contribution < -0.4 is 5.32 Å². The van der Waals surface area contributed by atoms with E-state index in [0.29, 0.717) is 6.04 Å². The molecule has 0 radical (unpaired) electrons. The highest BCUT2D eigenvalue weighted by Crippen LogP contribution is 2.26. The third-order valence-electron chi connectivity index (χ3n) is 4.21. The third kappa shape index (κ3) is 5.37. The van der Waals surface area contributed by atoms with Crippen LogP contribution in [-0.4, -0.2) is 42.3 Å². The molecule has 21 heavy (non-hydrogen) atoms. The minimum absolute atomic E-state index is 0.0847. The monoisotopic (exact) mass is 354 g/mol. The van der Waals surface area contributed by atoms with Gasteiger partial charge in [0, 0.05) is 23.6 Å². The summed E-state index contributed by atoms with van der Waals surface area (Å²) in [6.45, 7) is 6.39. The van der Waals surface area contributed by atoms with Gasteiger partial charge in [-0.15, -0.1) is 0 Å². The number of aliphatic hydroxyl groups excluding tert-OH is 1. The molecule has 1 fully saturated rings. The topological polar surface area (TPSA) is 35.5 Å². The van der Waals surface area contributed by atoms with Gasteiger partial charge in [-0.05, 0) is 50.4 Å². The number of benzene rings is 1. The van der Waals surface area contributed by atoms with Crippen molar-refractivity contribution in [3.8, 4) is 0 Å². The van der Waals surface area contributed by atoms with E-state index in [4.69, 9.17) is 0 Å². The Balaban J connectivity index is 1.92. The lowest BCUT2D eigenvalue weighted by atomic mass is 10.0. The molecule has 4 heteroatoms. The van der Waals surface area contributed by atoms with E-state index in [9.17, 15) is 5.11 Å². The number of hydrogen-bond donors (Lipinski definition) is 2. The highest BCUT2D eigenvalue weighted by Gasteiger charge is 2.19. The first-order valence-electron chi connectivity index (χ1n) is 8.09. The summed E-state index contributed by atoms with van der Waals surface area (Å²) in [5.41, 5.74) is 1.35. The zero-order chi connectivity index (χ0) is 15.1. The van der Waals surface area contributed by atoms with Gasteiger partial charge in [-0.25, -0.2) is 0 Å². The van der Waals surface area contributed by atoms with Crippen LogP contribution >= 0.6 is 15.9 Å². The molecule has 1 saturated heterocycles. The Morgan fingerprint density at radius 3 is 2.71 bits per heavy atom. The number of halogens is 1. The Morgan fingerprint density at radius 2 is 2.05 bits per heavy atom. The van der Waals surface area contributed by atoms with E-state index < -0.39 is 0 Å². The van der Waals surface area contributed by atoms with Crippen LogP contribution in [0.2, 0.25) is 0 Å². The summed E-state index contributed by atoms with van der Waals surface area (Å²) in [5.74, 6) is 0. The highest BCUT2D eigenvalue weighted by atomic mass is 79.9. The van der Waals surface area contributed by atoms with Crippen molar-refractivity contribution in [2.45, 2.75) is 44.8 Å². The highest BCUT2D eigenvalue weighted by molar-refractivity contribution is 9.10. The molecule has 0 spiro atoms. The van der Waals surface area contributed by atoms with Crippen LogP contribution in [-0.2, 0) is 0 Å². The van der Waals surface area contributed by atoms with Gasteiger partial charge >= 0.3 is 0 Å². The van der Waals surface area contributed by atoms with E-state index in [2.05, 4.69) is 57.3 Å². The SMILES string of the molecule is CCCNC(CCN1CCC(O)CC1)c1ccccc1Br. The van der Waals surface area contributed by atoms with Crippen LogP contribution in [0, 0.1) is 0 Å². The molecule has 0 aromatic heterocycles. The molecule has 0 aliphatic carbocycles. The van der Waals surface area contributed by atoms with Gasteiger partial charge in [0.1, 0.15) is 0 Å². The summed E-state index contributed by atoms with van der Waals surface area (Å²) < 4.78 is 1.19. The van der Waals surface area contributed by atoms with E-state index in [1.165, 1.54) is 10.0 Å². The van der Waals surface area contributed by atoms with E-state index >= 15 is 0 Å². The first kappa shape index (κ1) is 16.9. The van der Waals surface area contributed by atoms with Gasteiger partial charge in [0.15, 0.2) is 0 Å². The molecule has 1 atom stereocenters. The maximum atomic E-state index is 9.59. The van der Waals surface area contributed by atoms with E-state index in [1.807, 2.05) is 0 Å². The second kappa shape index (κ2) is 8.89. The molecular formula is C17H27BrN2O. The Hall–Kier alpha value is -0.420. The van der Waals surface area contributed by atoms with Crippen molar-refractivity contribution in [3.63, 3.8) is 0 Å². The summed E-state index contributed by atoms with van der Waals surface area (Å²) in [5, 5.41) is 13.3. The molecule has 1 aliphatic heterocycles. The third-order valence-corrected chi connectivity index (χ3v) is 4.93. The average molecular weight is 355 g/mol. The molecule has 3 nitrogen and oxygen atoms in total. The predicted molar refractivity (Wildman–Crippen MR) is 91.5 cm³/mol. The van der Waals surface area contributed by atoms with Crippen molar-refractivity contribution < 1.29 is 5.11 Å². The van der Waals surface area contributed by atoms with Gasteiger partial charge in [-0.2, -0.15) is 0 Å². The van der Waals surface area contributed by atoms with Crippen LogP contribution in [0.15, 0.2) is 28.7 Å². The zero-order valence-corrected chi connectivity index (χ0v) is 14.5. The Kier molecular flexibility index (Phi) is 7.17. The quantitative estimate of drug-likeness (QED) is 0.788. The molecule has 118 valence electrons. The van der Waals surface area contributed by atoms with E-state index in [0.717, 1.165) is 51.9 Å². The molecule has 1 aromatic rings. The minimum atomic E-state index is -0.0847. The molecule has 1 unspecified atom stereocenters. The molecule has 1 aromatic carbocycles. The summed E-state index contributed by atoms with van der Waals surface area (Å²) in [7, 11) is 0. The fourth-order valence-corrected chi connectivity index (χ4v) is 3.46. The number of nitrogens with zero attached hydrogens (tertiary/aromatic N) is 1. The normalized spacial score (nSPS) is 18.8. The Bertz CT molecular complexity index is 419. The maximum absolute atomic E-state index is 9.59. The van der Waals surface area contributed by atoms with Crippen LogP contribution in [0.1, 0.15) is 44.2 Å². The van der Waals surface area contributed by atoms with Crippen LogP contribution in [0.4, 0.5) is 0 Å². The predicted octanol–water partition coefficient (Wildman–Crippen LogP) is 3.34. The lowest BCUT2D eigenvalue weighted by Gasteiger charge is -2.31. The minimum Gasteiger partial charge on any atom is -0.393 e. The number of piperidine rings is 1. The second-order valence-electron chi connectivity index (χ2n) is 5.89. The molecule has 0 bridgehead atoms. The first-order valence-corrected chi connectivity index (χ1v) is 8.88. The number of hydrogen-bond acceptors (Lipinski definition) is 3. The van der Waals surface area contributed by atoms with Crippen LogP contribution in [0.3, 0.4) is 0 Å². The maximum Gasteiger partial charge on any atom is 0.0564 e. The largest absolute Gasteiger partial charge is 0.393 e. The lowest BCUT2D eigenvalue weighted by molar-refractivity contribution is 0.0806. The fraction of sp³-hybridized carbons (Fsp3) is 0.647. The molecule has 1 heterocycles. The molecule has 0 saturated carbocycles. The first-order chi connectivity index (χ1) is 10.2. The summed E-state index contributed by atoms with van der Waals surface area (Å²) in [6.07, 6.45) is 4.01. The van der Waals surface area contributed by atoms with Crippen molar-refractivity contribution in [1.82, 2.24) is 10.2 Å². The standard InChI is InChI=1S/C17H27BrN2O/c1-2-10-19-17(15-5-3-4-6-16(15)18)9-13-20-11-7-14(21)8-12-20/h3-6,14,17,19,21H,2,7-13H2,1H3. The molecular weight excluding hydrogens is 328 g/mol. The Labute approximate surface area is 136 Å². The smallest absolute Gasteiger partial charge is 0.0564 e. The van der Waals surface area contributed by atoms with Gasteiger partial charge in [-0.3, -0.25) is 0 Å². The second-order valence-corrected chi connectivity index (χ2v) is 6.74. The van der Waals surface area contributed by atoms with Crippen molar-refractivity contribution in [2.75, 3.05) is 26.2 Å². The van der Waals surface area contributed by atoms with Crippen molar-refractivity contribution >= 4 is 15.9 Å². The number of nitrogens with one attached hydrogen (secondary N) is 1. The van der Waals surface area contributed by atoms with Crippen molar-refractivity contribution in [3.05, 3.63) is 34.3 Å². The van der Waals surface area contributed by atoms with E-state index in [1.54, 1.807) is 0 Å². The lowest BCUT2D eigenvalue weighted by Crippen LogP contribution is -2.37. The number of likely N-dealkylation sites (tertiary alicyclic amines) is 1. The number of aliphatic hydroxyl groups is 1. The fourth-order valence-electron chi connectivity index (χ4n) is 2.90. The summed E-state index contributed by atoms with van der Waals surface area (Å²) in [4.78, 5) is 2.48. The summed E-state index contributed by atoms with van der Waals surface area (Å²) in [6, 6.07) is 8.89. The van der Waals surface area contributed by atoms with Gasteiger partial charge in [0.2, 0.25) is 0 Å². The Morgan fingerprint density at radius 1 is 1.33 bits per heavy atom. The zero-order valence-electron chi connectivity index (χ0n) is 12.9. The molecule has 2 rings (SSSR count). The molecule has 2 N–H and O–H groups in total. The van der Waals surface area contributed by atoms with Crippen molar-refractivity contribution in [1.29, 1.82) is 0 Å². The molecule has 0 amide bonds. The van der Waals surface area contributed by atoms with E-state index in [-0.39, 0.29) is 6.10 Å².